The average Bonchev–Trinajstić information content (AvgIpc) is 2.91. The molecule has 0 radical (unpaired) electrons. The number of hydrogen-bond acceptors (Lipinski definition) is 4. The molecule has 3 rings (SSSR count). The van der Waals surface area contributed by atoms with Gasteiger partial charge in [0.15, 0.2) is 5.17 Å². The van der Waals surface area contributed by atoms with Gasteiger partial charge in [-0.05, 0) is 54.9 Å². The second-order valence-corrected chi connectivity index (χ2v) is 6.54. The monoisotopic (exact) mass is 338 g/mol. The van der Waals surface area contributed by atoms with Crippen LogP contribution in [0.25, 0.3) is 6.08 Å². The number of amides is 1. The lowest BCUT2D eigenvalue weighted by molar-refractivity contribution is -0.115. The highest BCUT2D eigenvalue weighted by molar-refractivity contribution is 8.18. The number of nitrogens with zero attached hydrogens (tertiary/aromatic N) is 1. The van der Waals surface area contributed by atoms with Crippen LogP contribution in [0.5, 0.6) is 5.75 Å². The summed E-state index contributed by atoms with van der Waals surface area (Å²) < 4.78 is 5.33. The topological polar surface area (TPSA) is 50.7 Å². The molecule has 4 nitrogen and oxygen atoms in total. The van der Waals surface area contributed by atoms with E-state index in [1.165, 1.54) is 11.8 Å². The predicted octanol–water partition coefficient (Wildman–Crippen LogP) is 4.20. The third kappa shape index (κ3) is 3.51. The van der Waals surface area contributed by atoms with Crippen molar-refractivity contribution in [2.24, 2.45) is 4.99 Å². The number of aryl methyl sites for hydroxylation is 2. The Morgan fingerprint density at radius 1 is 1.17 bits per heavy atom. The second-order valence-electron chi connectivity index (χ2n) is 5.51. The van der Waals surface area contributed by atoms with E-state index in [9.17, 15) is 4.79 Å². The van der Waals surface area contributed by atoms with Gasteiger partial charge >= 0.3 is 0 Å². The zero-order chi connectivity index (χ0) is 17.1. The number of thioether (sulfide) groups is 1. The summed E-state index contributed by atoms with van der Waals surface area (Å²) in [6.45, 7) is 4.03. The largest absolute Gasteiger partial charge is 0.496 e. The number of nitrogens with one attached hydrogen (secondary N) is 1. The van der Waals surface area contributed by atoms with Gasteiger partial charge in [-0.2, -0.15) is 0 Å². The summed E-state index contributed by atoms with van der Waals surface area (Å²) in [5.41, 5.74) is 3.95. The van der Waals surface area contributed by atoms with Crippen molar-refractivity contribution in [1.82, 2.24) is 5.32 Å². The fraction of sp³-hybridized carbons (Fsp3) is 0.158. The molecule has 0 bridgehead atoms. The van der Waals surface area contributed by atoms with Crippen LogP contribution in [0.2, 0.25) is 0 Å². The smallest absolute Gasteiger partial charge is 0.264 e. The van der Waals surface area contributed by atoms with Crippen molar-refractivity contribution in [3.05, 3.63) is 64.1 Å². The summed E-state index contributed by atoms with van der Waals surface area (Å²) in [7, 11) is 1.62. The van der Waals surface area contributed by atoms with Gasteiger partial charge in [0, 0.05) is 5.56 Å². The molecule has 1 aliphatic heterocycles. The lowest BCUT2D eigenvalue weighted by atomic mass is 10.1. The molecule has 1 amide bonds. The Labute approximate surface area is 145 Å². The quantitative estimate of drug-likeness (QED) is 0.853. The van der Waals surface area contributed by atoms with Crippen molar-refractivity contribution in [1.29, 1.82) is 0 Å². The van der Waals surface area contributed by atoms with Crippen molar-refractivity contribution in [2.75, 3.05) is 7.11 Å². The van der Waals surface area contributed by atoms with Gasteiger partial charge in [0.2, 0.25) is 0 Å². The lowest BCUT2D eigenvalue weighted by Gasteiger charge is -2.03. The van der Waals surface area contributed by atoms with Crippen LogP contribution in [0.1, 0.15) is 16.7 Å². The molecule has 0 spiro atoms. The minimum absolute atomic E-state index is 0.144. The van der Waals surface area contributed by atoms with Crippen molar-refractivity contribution in [2.45, 2.75) is 13.8 Å². The molecule has 0 aliphatic carbocycles. The molecule has 0 unspecified atom stereocenters. The Balaban J connectivity index is 1.89. The molecule has 1 saturated heterocycles. The van der Waals surface area contributed by atoms with Gasteiger partial charge in [-0.25, -0.2) is 4.99 Å². The summed E-state index contributed by atoms with van der Waals surface area (Å²) in [5.74, 6) is 0.591. The zero-order valence-electron chi connectivity index (χ0n) is 13.8. The van der Waals surface area contributed by atoms with E-state index in [1.54, 1.807) is 7.11 Å². The first-order valence-corrected chi connectivity index (χ1v) is 8.38. The highest BCUT2D eigenvalue weighted by Crippen LogP contribution is 2.31. The van der Waals surface area contributed by atoms with Gasteiger partial charge in [0.25, 0.3) is 5.91 Å². The third-order valence-corrected chi connectivity index (χ3v) is 4.57. The Bertz CT molecular complexity index is 856. The van der Waals surface area contributed by atoms with Crippen LogP contribution in [-0.2, 0) is 4.79 Å². The molecular weight excluding hydrogens is 320 g/mol. The number of carbonyl (C=O) groups is 1. The van der Waals surface area contributed by atoms with Crippen molar-refractivity contribution >= 4 is 34.6 Å². The first-order chi connectivity index (χ1) is 11.6. The Morgan fingerprint density at radius 2 is 1.96 bits per heavy atom. The SMILES string of the molecule is COc1ccccc1/C=C1\SC(=Nc2cc(C)ccc2C)NC1=O. The normalized spacial score (nSPS) is 17.4. The van der Waals surface area contributed by atoms with Crippen LogP contribution in [-0.4, -0.2) is 18.2 Å². The van der Waals surface area contributed by atoms with Crippen molar-refractivity contribution in [3.63, 3.8) is 0 Å². The summed E-state index contributed by atoms with van der Waals surface area (Å²) in [6.07, 6.45) is 1.82. The zero-order valence-corrected chi connectivity index (χ0v) is 14.6. The van der Waals surface area contributed by atoms with Gasteiger partial charge < -0.3 is 10.1 Å². The Kier molecular flexibility index (Phi) is 4.71. The number of hydrogen-bond donors (Lipinski definition) is 1. The number of carbonyl (C=O) groups excluding carboxylic acids is 1. The van der Waals surface area contributed by atoms with E-state index in [0.717, 1.165) is 28.1 Å². The second kappa shape index (κ2) is 6.93. The van der Waals surface area contributed by atoms with Gasteiger partial charge in [0.1, 0.15) is 5.75 Å². The van der Waals surface area contributed by atoms with Crippen LogP contribution >= 0.6 is 11.8 Å². The number of amidine groups is 1. The summed E-state index contributed by atoms with van der Waals surface area (Å²) in [4.78, 5) is 17.4. The van der Waals surface area contributed by atoms with Gasteiger partial charge in [-0.3, -0.25) is 4.79 Å². The number of aliphatic imine (C=N–C) groups is 1. The molecular formula is C19H18N2O2S. The van der Waals surface area contributed by atoms with E-state index < -0.39 is 0 Å². The van der Waals surface area contributed by atoms with E-state index >= 15 is 0 Å². The van der Waals surface area contributed by atoms with Crippen LogP contribution in [0.15, 0.2) is 52.4 Å². The molecule has 0 atom stereocenters. The van der Waals surface area contributed by atoms with Crippen LogP contribution in [0.3, 0.4) is 0 Å². The molecule has 1 fully saturated rings. The maximum absolute atomic E-state index is 12.2. The van der Waals surface area contributed by atoms with Gasteiger partial charge in [-0.15, -0.1) is 0 Å². The number of ether oxygens (including phenoxy) is 1. The highest BCUT2D eigenvalue weighted by atomic mass is 32.2. The third-order valence-electron chi connectivity index (χ3n) is 3.66. The Hall–Kier alpha value is -2.53. The maximum atomic E-state index is 12.2. The Morgan fingerprint density at radius 3 is 2.75 bits per heavy atom. The molecule has 24 heavy (non-hydrogen) atoms. The number of para-hydroxylation sites is 1. The van der Waals surface area contributed by atoms with E-state index in [4.69, 9.17) is 4.74 Å². The molecule has 0 saturated carbocycles. The fourth-order valence-corrected chi connectivity index (χ4v) is 3.18. The summed E-state index contributed by atoms with van der Waals surface area (Å²) in [5, 5.41) is 3.41. The molecule has 2 aromatic rings. The van der Waals surface area contributed by atoms with E-state index in [-0.39, 0.29) is 5.91 Å². The molecule has 122 valence electrons. The van der Waals surface area contributed by atoms with Crippen molar-refractivity contribution in [3.8, 4) is 5.75 Å². The molecule has 0 aromatic heterocycles. The van der Waals surface area contributed by atoms with E-state index in [0.29, 0.717) is 10.1 Å². The van der Waals surface area contributed by atoms with Crippen LogP contribution in [0, 0.1) is 13.8 Å². The van der Waals surface area contributed by atoms with Crippen LogP contribution < -0.4 is 10.1 Å². The molecule has 2 aromatic carbocycles. The summed E-state index contributed by atoms with van der Waals surface area (Å²) >= 11 is 1.34. The molecule has 1 N–H and O–H groups in total. The van der Waals surface area contributed by atoms with Crippen LogP contribution in [0.4, 0.5) is 5.69 Å². The minimum atomic E-state index is -0.144. The van der Waals surface area contributed by atoms with Crippen molar-refractivity contribution < 1.29 is 9.53 Å². The van der Waals surface area contributed by atoms with E-state index in [2.05, 4.69) is 10.3 Å². The number of rotatable bonds is 3. The standard InChI is InChI=1S/C19H18N2O2S/c1-12-8-9-13(2)15(10-12)20-19-21-18(22)17(24-19)11-14-6-4-5-7-16(14)23-3/h4-11H,1-3H3,(H,20,21,22)/b17-11-. The van der Waals surface area contributed by atoms with E-state index in [1.807, 2.05) is 62.4 Å². The maximum Gasteiger partial charge on any atom is 0.264 e. The first kappa shape index (κ1) is 16.3. The fourth-order valence-electron chi connectivity index (χ4n) is 2.36. The lowest BCUT2D eigenvalue weighted by Crippen LogP contribution is -2.19. The highest BCUT2D eigenvalue weighted by Gasteiger charge is 2.24. The first-order valence-electron chi connectivity index (χ1n) is 7.56. The predicted molar refractivity (Wildman–Crippen MR) is 99.7 cm³/mol. The average molecular weight is 338 g/mol. The number of methoxy groups -OCH3 is 1. The summed E-state index contributed by atoms with van der Waals surface area (Å²) in [6, 6.07) is 13.7. The molecule has 1 aliphatic rings. The molecule has 5 heteroatoms. The number of benzene rings is 2. The van der Waals surface area contributed by atoms with Gasteiger partial charge in [-0.1, -0.05) is 30.3 Å². The minimum Gasteiger partial charge on any atom is -0.496 e. The molecule has 1 heterocycles. The van der Waals surface area contributed by atoms with Gasteiger partial charge in [0.05, 0.1) is 17.7 Å².